The minimum atomic E-state index is 0.696. The molecule has 0 fully saturated rings. The van der Waals surface area contributed by atoms with Gasteiger partial charge in [-0.05, 0) is 18.8 Å². The Kier molecular flexibility index (Phi) is 6.46. The van der Waals surface area contributed by atoms with Crippen LogP contribution in [0.2, 0.25) is 0 Å². The summed E-state index contributed by atoms with van der Waals surface area (Å²) in [5.41, 5.74) is 5.71. The predicted molar refractivity (Wildman–Crippen MR) is 72.9 cm³/mol. The van der Waals surface area contributed by atoms with Crippen molar-refractivity contribution in [3.8, 4) is 0 Å². The highest BCUT2D eigenvalue weighted by atomic mass is 32.1. The Hall–Kier alpha value is -0.570. The Balaban J connectivity index is 2.49. The standard InChI is InChI=1S/C13H24N2S/c1-3-5-7-9-11(8-6-4-2)12-10-15-13(14)16-12/h10-11H,3-9H2,1-2H3,(H2,14,15). The van der Waals surface area contributed by atoms with Crippen molar-refractivity contribution in [2.45, 2.75) is 64.7 Å². The lowest BCUT2D eigenvalue weighted by molar-refractivity contribution is 0.520. The van der Waals surface area contributed by atoms with Crippen molar-refractivity contribution in [2.24, 2.45) is 0 Å². The number of thiazole rings is 1. The fourth-order valence-electron chi connectivity index (χ4n) is 2.01. The topological polar surface area (TPSA) is 38.9 Å². The molecule has 2 nitrogen and oxygen atoms in total. The van der Waals surface area contributed by atoms with Crippen LogP contribution in [0.15, 0.2) is 6.20 Å². The van der Waals surface area contributed by atoms with Crippen molar-refractivity contribution in [3.05, 3.63) is 11.1 Å². The van der Waals surface area contributed by atoms with E-state index in [9.17, 15) is 0 Å². The minimum absolute atomic E-state index is 0.696. The molecule has 0 saturated heterocycles. The predicted octanol–water partition coefficient (Wildman–Crippen LogP) is 4.58. The zero-order chi connectivity index (χ0) is 11.8. The van der Waals surface area contributed by atoms with Gasteiger partial charge in [-0.2, -0.15) is 0 Å². The summed E-state index contributed by atoms with van der Waals surface area (Å²) in [6, 6.07) is 0. The number of aromatic nitrogens is 1. The van der Waals surface area contributed by atoms with Crippen molar-refractivity contribution in [2.75, 3.05) is 5.73 Å². The van der Waals surface area contributed by atoms with E-state index >= 15 is 0 Å². The lowest BCUT2D eigenvalue weighted by Crippen LogP contribution is -1.97. The number of hydrogen-bond donors (Lipinski definition) is 1. The molecule has 16 heavy (non-hydrogen) atoms. The second-order valence-corrected chi connectivity index (χ2v) is 5.53. The van der Waals surface area contributed by atoms with Gasteiger partial charge in [-0.25, -0.2) is 4.98 Å². The Bertz CT molecular complexity index is 283. The van der Waals surface area contributed by atoms with Crippen LogP contribution < -0.4 is 5.73 Å². The Morgan fingerprint density at radius 1 is 1.19 bits per heavy atom. The van der Waals surface area contributed by atoms with E-state index < -0.39 is 0 Å². The molecule has 1 unspecified atom stereocenters. The first-order valence-corrected chi connectivity index (χ1v) is 7.30. The van der Waals surface area contributed by atoms with E-state index in [0.717, 1.165) is 0 Å². The number of unbranched alkanes of at least 4 members (excludes halogenated alkanes) is 3. The van der Waals surface area contributed by atoms with Crippen molar-refractivity contribution in [1.29, 1.82) is 0 Å². The van der Waals surface area contributed by atoms with E-state index in [1.807, 2.05) is 6.20 Å². The molecule has 92 valence electrons. The second-order valence-electron chi connectivity index (χ2n) is 4.44. The highest BCUT2D eigenvalue weighted by molar-refractivity contribution is 7.15. The Labute approximate surface area is 103 Å². The Morgan fingerprint density at radius 2 is 1.88 bits per heavy atom. The maximum atomic E-state index is 5.71. The van der Waals surface area contributed by atoms with Crippen LogP contribution in [0.25, 0.3) is 0 Å². The van der Waals surface area contributed by atoms with Crippen LogP contribution in [0.5, 0.6) is 0 Å². The van der Waals surface area contributed by atoms with Gasteiger partial charge in [0, 0.05) is 11.1 Å². The summed E-state index contributed by atoms with van der Waals surface area (Å²) in [4.78, 5) is 5.56. The van der Waals surface area contributed by atoms with Gasteiger partial charge in [0.25, 0.3) is 0 Å². The summed E-state index contributed by atoms with van der Waals surface area (Å²) in [7, 11) is 0. The summed E-state index contributed by atoms with van der Waals surface area (Å²) < 4.78 is 0. The van der Waals surface area contributed by atoms with Gasteiger partial charge < -0.3 is 5.73 Å². The van der Waals surface area contributed by atoms with Gasteiger partial charge in [0.1, 0.15) is 0 Å². The average molecular weight is 240 g/mol. The van der Waals surface area contributed by atoms with Crippen LogP contribution in [0, 0.1) is 0 Å². The third-order valence-corrected chi connectivity index (χ3v) is 4.00. The second kappa shape index (κ2) is 7.66. The molecule has 0 aliphatic rings. The third kappa shape index (κ3) is 4.52. The molecule has 1 atom stereocenters. The summed E-state index contributed by atoms with van der Waals surface area (Å²) in [6.07, 6.45) is 11.1. The van der Waals surface area contributed by atoms with Crippen LogP contribution in [-0.2, 0) is 0 Å². The van der Waals surface area contributed by atoms with Crippen LogP contribution >= 0.6 is 11.3 Å². The summed E-state index contributed by atoms with van der Waals surface area (Å²) in [5, 5.41) is 0.715. The van der Waals surface area contributed by atoms with E-state index in [4.69, 9.17) is 5.73 Å². The molecule has 1 heterocycles. The SMILES string of the molecule is CCCCCC(CCCC)c1cnc(N)s1. The zero-order valence-corrected chi connectivity index (χ0v) is 11.4. The lowest BCUT2D eigenvalue weighted by atomic mass is 9.94. The number of anilines is 1. The molecular formula is C13H24N2S. The maximum Gasteiger partial charge on any atom is 0.180 e. The number of nitrogens with zero attached hydrogens (tertiary/aromatic N) is 1. The highest BCUT2D eigenvalue weighted by Gasteiger charge is 2.13. The first-order chi connectivity index (χ1) is 7.77. The van der Waals surface area contributed by atoms with Crippen LogP contribution in [0.4, 0.5) is 5.13 Å². The van der Waals surface area contributed by atoms with E-state index in [1.54, 1.807) is 11.3 Å². The largest absolute Gasteiger partial charge is 0.375 e. The molecule has 0 amide bonds. The van der Waals surface area contributed by atoms with Crippen LogP contribution in [0.1, 0.15) is 69.6 Å². The average Bonchev–Trinajstić information content (AvgIpc) is 2.70. The summed E-state index contributed by atoms with van der Waals surface area (Å²) in [6.45, 7) is 4.51. The smallest absolute Gasteiger partial charge is 0.180 e. The maximum absolute atomic E-state index is 5.71. The molecule has 0 aromatic carbocycles. The van der Waals surface area contributed by atoms with Crippen LogP contribution in [0.3, 0.4) is 0 Å². The van der Waals surface area contributed by atoms with E-state index in [2.05, 4.69) is 18.8 Å². The first-order valence-electron chi connectivity index (χ1n) is 6.49. The number of hydrogen-bond acceptors (Lipinski definition) is 3. The molecule has 1 rings (SSSR count). The van der Waals surface area contributed by atoms with Gasteiger partial charge in [-0.15, -0.1) is 11.3 Å². The van der Waals surface area contributed by atoms with Gasteiger partial charge >= 0.3 is 0 Å². The van der Waals surface area contributed by atoms with E-state index in [1.165, 1.54) is 49.8 Å². The third-order valence-electron chi connectivity index (χ3n) is 3.01. The minimum Gasteiger partial charge on any atom is -0.375 e. The molecule has 0 bridgehead atoms. The quantitative estimate of drug-likeness (QED) is 0.675. The van der Waals surface area contributed by atoms with E-state index in [-0.39, 0.29) is 0 Å². The summed E-state index contributed by atoms with van der Waals surface area (Å²) >= 11 is 1.67. The number of nitrogen functional groups attached to an aromatic ring is 1. The Morgan fingerprint density at radius 3 is 2.44 bits per heavy atom. The highest BCUT2D eigenvalue weighted by Crippen LogP contribution is 2.32. The number of nitrogens with two attached hydrogens (primary N) is 1. The molecule has 0 aliphatic carbocycles. The molecule has 0 radical (unpaired) electrons. The van der Waals surface area contributed by atoms with Gasteiger partial charge in [0.15, 0.2) is 5.13 Å². The van der Waals surface area contributed by atoms with Gasteiger partial charge in [-0.1, -0.05) is 46.0 Å². The van der Waals surface area contributed by atoms with Crippen molar-refractivity contribution >= 4 is 16.5 Å². The fraction of sp³-hybridized carbons (Fsp3) is 0.769. The van der Waals surface area contributed by atoms with Crippen molar-refractivity contribution < 1.29 is 0 Å². The van der Waals surface area contributed by atoms with Crippen LogP contribution in [-0.4, -0.2) is 4.98 Å². The molecule has 1 aromatic rings. The molecule has 1 aromatic heterocycles. The monoisotopic (exact) mass is 240 g/mol. The van der Waals surface area contributed by atoms with E-state index in [0.29, 0.717) is 11.0 Å². The van der Waals surface area contributed by atoms with Crippen molar-refractivity contribution in [3.63, 3.8) is 0 Å². The molecule has 3 heteroatoms. The van der Waals surface area contributed by atoms with Gasteiger partial charge in [-0.3, -0.25) is 0 Å². The molecule has 2 N–H and O–H groups in total. The summed E-state index contributed by atoms with van der Waals surface area (Å²) in [5.74, 6) is 0.696. The zero-order valence-electron chi connectivity index (χ0n) is 10.5. The molecule has 0 saturated carbocycles. The lowest BCUT2D eigenvalue weighted by Gasteiger charge is -2.14. The molecule has 0 aliphatic heterocycles. The normalized spacial score (nSPS) is 12.9. The van der Waals surface area contributed by atoms with Crippen molar-refractivity contribution in [1.82, 2.24) is 4.98 Å². The van der Waals surface area contributed by atoms with Gasteiger partial charge in [0.2, 0.25) is 0 Å². The van der Waals surface area contributed by atoms with Gasteiger partial charge in [0.05, 0.1) is 0 Å². The first kappa shape index (κ1) is 13.5. The number of rotatable bonds is 8. The molecule has 0 spiro atoms. The fourth-order valence-corrected chi connectivity index (χ4v) is 2.86. The molecular weight excluding hydrogens is 216 g/mol.